The van der Waals surface area contributed by atoms with Gasteiger partial charge in [0.25, 0.3) is 0 Å². The fourth-order valence-electron chi connectivity index (χ4n) is 0.792. The maximum Gasteiger partial charge on any atom is 0.221 e. The zero-order valence-corrected chi connectivity index (χ0v) is 4.90. The normalized spacial score (nSPS) is 37.5. The fraction of sp³-hybridized carbons (Fsp3) is 0.800. The molecule has 0 spiro atoms. The van der Waals surface area contributed by atoms with Gasteiger partial charge in [0.2, 0.25) is 5.91 Å². The lowest BCUT2D eigenvalue weighted by Gasteiger charge is -2.11. The Morgan fingerprint density at radius 2 is 2.50 bits per heavy atom. The van der Waals surface area contributed by atoms with Crippen LogP contribution in [-0.4, -0.2) is 18.0 Å². The molecule has 0 unspecified atom stereocenters. The first-order valence-corrected chi connectivity index (χ1v) is 2.66. The molecule has 3 N–H and O–H groups in total. The van der Waals surface area contributed by atoms with Crippen molar-refractivity contribution in [2.45, 2.75) is 18.9 Å². The molecule has 8 heavy (non-hydrogen) atoms. The molecule has 0 aromatic rings. The molecule has 1 aliphatic heterocycles. The van der Waals surface area contributed by atoms with E-state index in [9.17, 15) is 4.79 Å². The monoisotopic (exact) mass is 114 g/mol. The number of carbonyl (C=O) groups is 1. The minimum atomic E-state index is -0.295. The molecule has 1 saturated heterocycles. The SMILES string of the molecule is C[C@]1(N)CNC(=O)C1. The van der Waals surface area contributed by atoms with Gasteiger partial charge in [-0.1, -0.05) is 0 Å². The summed E-state index contributed by atoms with van der Waals surface area (Å²) in [7, 11) is 0. The van der Waals surface area contributed by atoms with Crippen LogP contribution in [0, 0.1) is 0 Å². The van der Waals surface area contributed by atoms with Gasteiger partial charge in [-0.3, -0.25) is 4.79 Å². The number of nitrogens with one attached hydrogen (secondary N) is 1. The van der Waals surface area contributed by atoms with Gasteiger partial charge in [0.05, 0.1) is 0 Å². The van der Waals surface area contributed by atoms with Gasteiger partial charge >= 0.3 is 0 Å². The van der Waals surface area contributed by atoms with Crippen LogP contribution < -0.4 is 11.1 Å². The topological polar surface area (TPSA) is 55.1 Å². The predicted octanol–water partition coefficient (Wildman–Crippen LogP) is -0.776. The number of hydrogen-bond donors (Lipinski definition) is 2. The molecule has 0 aromatic heterocycles. The van der Waals surface area contributed by atoms with Crippen molar-refractivity contribution >= 4 is 5.91 Å². The van der Waals surface area contributed by atoms with E-state index in [4.69, 9.17) is 5.73 Å². The third kappa shape index (κ3) is 0.980. The van der Waals surface area contributed by atoms with E-state index in [2.05, 4.69) is 5.32 Å². The highest BCUT2D eigenvalue weighted by Crippen LogP contribution is 2.08. The largest absolute Gasteiger partial charge is 0.354 e. The number of carbonyl (C=O) groups excluding carboxylic acids is 1. The van der Waals surface area contributed by atoms with E-state index < -0.39 is 0 Å². The summed E-state index contributed by atoms with van der Waals surface area (Å²) in [5.74, 6) is 0.0648. The van der Waals surface area contributed by atoms with Crippen LogP contribution in [0.2, 0.25) is 0 Å². The van der Waals surface area contributed by atoms with Crippen LogP contribution in [0.5, 0.6) is 0 Å². The molecule has 0 radical (unpaired) electrons. The maximum atomic E-state index is 10.5. The quantitative estimate of drug-likeness (QED) is 0.434. The van der Waals surface area contributed by atoms with Crippen molar-refractivity contribution in [2.24, 2.45) is 5.73 Å². The van der Waals surface area contributed by atoms with Gasteiger partial charge in [0.1, 0.15) is 0 Å². The number of hydrogen-bond acceptors (Lipinski definition) is 2. The summed E-state index contributed by atoms with van der Waals surface area (Å²) in [5.41, 5.74) is 5.29. The van der Waals surface area contributed by atoms with Gasteiger partial charge in [-0.2, -0.15) is 0 Å². The number of nitrogens with two attached hydrogens (primary N) is 1. The van der Waals surface area contributed by atoms with Crippen LogP contribution in [0.4, 0.5) is 0 Å². The van der Waals surface area contributed by atoms with Crippen LogP contribution in [0.3, 0.4) is 0 Å². The van der Waals surface area contributed by atoms with Crippen LogP contribution >= 0.6 is 0 Å². The highest BCUT2D eigenvalue weighted by molar-refractivity contribution is 5.79. The lowest BCUT2D eigenvalue weighted by atomic mass is 10.0. The fourth-order valence-corrected chi connectivity index (χ4v) is 0.792. The van der Waals surface area contributed by atoms with Crippen LogP contribution in [0.1, 0.15) is 13.3 Å². The average Bonchev–Trinajstić information content (AvgIpc) is 1.82. The van der Waals surface area contributed by atoms with E-state index >= 15 is 0 Å². The maximum absolute atomic E-state index is 10.5. The second kappa shape index (κ2) is 1.45. The van der Waals surface area contributed by atoms with E-state index in [1.165, 1.54) is 0 Å². The molecule has 1 amide bonds. The van der Waals surface area contributed by atoms with Crippen LogP contribution in [0.15, 0.2) is 0 Å². The van der Waals surface area contributed by atoms with Crippen molar-refractivity contribution < 1.29 is 4.79 Å². The molecule has 3 heteroatoms. The summed E-state index contributed by atoms with van der Waals surface area (Å²) in [6.07, 6.45) is 0.465. The van der Waals surface area contributed by atoms with E-state index in [0.717, 1.165) is 0 Å². The molecule has 1 rings (SSSR count). The van der Waals surface area contributed by atoms with Gasteiger partial charge in [0.15, 0.2) is 0 Å². The van der Waals surface area contributed by atoms with E-state index in [-0.39, 0.29) is 11.4 Å². The zero-order chi connectivity index (χ0) is 6.20. The van der Waals surface area contributed by atoms with Gasteiger partial charge in [0, 0.05) is 18.5 Å². The van der Waals surface area contributed by atoms with Crippen molar-refractivity contribution in [3.8, 4) is 0 Å². The van der Waals surface area contributed by atoms with Crippen molar-refractivity contribution in [3.05, 3.63) is 0 Å². The molecule has 1 fully saturated rings. The first-order valence-electron chi connectivity index (χ1n) is 2.66. The van der Waals surface area contributed by atoms with Crippen molar-refractivity contribution in [1.82, 2.24) is 5.32 Å². The third-order valence-corrected chi connectivity index (χ3v) is 1.25. The molecule has 3 nitrogen and oxygen atoms in total. The summed E-state index contributed by atoms with van der Waals surface area (Å²) in [6, 6.07) is 0. The molecular weight excluding hydrogens is 104 g/mol. The van der Waals surface area contributed by atoms with E-state index in [0.29, 0.717) is 13.0 Å². The summed E-state index contributed by atoms with van der Waals surface area (Å²) < 4.78 is 0. The lowest BCUT2D eigenvalue weighted by Crippen LogP contribution is -2.37. The Bertz CT molecular complexity index is 120. The summed E-state index contributed by atoms with van der Waals surface area (Å²) in [5, 5.41) is 2.65. The van der Waals surface area contributed by atoms with E-state index in [1.807, 2.05) is 6.92 Å². The zero-order valence-electron chi connectivity index (χ0n) is 4.90. The van der Waals surface area contributed by atoms with Gasteiger partial charge in [-0.05, 0) is 6.92 Å². The van der Waals surface area contributed by atoms with Crippen molar-refractivity contribution in [2.75, 3.05) is 6.54 Å². The molecule has 0 aromatic carbocycles. The van der Waals surface area contributed by atoms with Crippen LogP contribution in [0.25, 0.3) is 0 Å². The Hall–Kier alpha value is -0.570. The minimum Gasteiger partial charge on any atom is -0.354 e. The Labute approximate surface area is 48.2 Å². The highest BCUT2D eigenvalue weighted by Gasteiger charge is 2.28. The molecule has 0 saturated carbocycles. The summed E-state index contributed by atoms with van der Waals surface area (Å²) in [4.78, 5) is 10.5. The summed E-state index contributed by atoms with van der Waals surface area (Å²) >= 11 is 0. The number of amides is 1. The van der Waals surface area contributed by atoms with Crippen molar-refractivity contribution in [3.63, 3.8) is 0 Å². The van der Waals surface area contributed by atoms with Crippen molar-refractivity contribution in [1.29, 1.82) is 0 Å². The summed E-state index contributed by atoms with van der Waals surface area (Å²) in [6.45, 7) is 2.48. The standard InChI is InChI=1S/C5H10N2O/c1-5(6)2-4(8)7-3-5/h2-3,6H2,1H3,(H,7,8)/t5-/m1/s1. The molecule has 1 heterocycles. The lowest BCUT2D eigenvalue weighted by molar-refractivity contribution is -0.119. The van der Waals surface area contributed by atoms with Crippen LogP contribution in [-0.2, 0) is 4.79 Å². The Morgan fingerprint density at radius 1 is 1.88 bits per heavy atom. The highest BCUT2D eigenvalue weighted by atomic mass is 16.1. The second-order valence-corrected chi connectivity index (χ2v) is 2.61. The first kappa shape index (κ1) is 5.56. The van der Waals surface area contributed by atoms with Gasteiger partial charge < -0.3 is 11.1 Å². The molecule has 1 atom stereocenters. The molecule has 46 valence electrons. The first-order chi connectivity index (χ1) is 3.60. The molecule has 1 aliphatic rings. The Balaban J connectivity index is 2.56. The molecule has 0 aliphatic carbocycles. The Kier molecular flexibility index (Phi) is 1.01. The second-order valence-electron chi connectivity index (χ2n) is 2.61. The van der Waals surface area contributed by atoms with Gasteiger partial charge in [-0.25, -0.2) is 0 Å². The smallest absolute Gasteiger partial charge is 0.221 e. The number of rotatable bonds is 0. The van der Waals surface area contributed by atoms with E-state index in [1.54, 1.807) is 0 Å². The predicted molar refractivity (Wildman–Crippen MR) is 30.2 cm³/mol. The average molecular weight is 114 g/mol. The molecular formula is C5H10N2O. The third-order valence-electron chi connectivity index (χ3n) is 1.25. The molecule has 0 bridgehead atoms. The minimum absolute atomic E-state index is 0.0648. The van der Waals surface area contributed by atoms with Gasteiger partial charge in [-0.15, -0.1) is 0 Å². The Morgan fingerprint density at radius 3 is 2.62 bits per heavy atom.